The van der Waals surface area contributed by atoms with Crippen molar-refractivity contribution in [2.24, 2.45) is 0 Å². The second-order valence-corrected chi connectivity index (χ2v) is 7.95. The standard InChI is InChI=1S/C24H33N5O/c1-16(15-29-19(4)17(2)18(3)28-29)22-14-24(27-20(5)26-22)25-13-9-11-21-10-7-8-12-23(21)30-6/h7-8,10,12,14,16H,9,11,13,15H2,1-6H3,(H,25,26,27)/t16-/m0/s1. The maximum atomic E-state index is 5.44. The second kappa shape index (κ2) is 9.74. The minimum absolute atomic E-state index is 0.248. The van der Waals surface area contributed by atoms with Gasteiger partial charge in [-0.3, -0.25) is 4.68 Å². The van der Waals surface area contributed by atoms with Crippen LogP contribution in [0.25, 0.3) is 0 Å². The summed E-state index contributed by atoms with van der Waals surface area (Å²) in [4.78, 5) is 9.25. The molecular formula is C24H33N5O. The van der Waals surface area contributed by atoms with Crippen LogP contribution in [0.5, 0.6) is 5.75 Å². The predicted molar refractivity (Wildman–Crippen MR) is 121 cm³/mol. The molecule has 0 aliphatic heterocycles. The highest BCUT2D eigenvalue weighted by Crippen LogP contribution is 2.21. The van der Waals surface area contributed by atoms with Crippen molar-refractivity contribution in [1.82, 2.24) is 19.7 Å². The van der Waals surface area contributed by atoms with Crippen molar-refractivity contribution in [1.29, 1.82) is 0 Å². The molecule has 0 saturated carbocycles. The van der Waals surface area contributed by atoms with Crippen LogP contribution in [0.4, 0.5) is 5.82 Å². The number of nitrogens with one attached hydrogen (secondary N) is 1. The summed E-state index contributed by atoms with van der Waals surface area (Å²) in [5, 5.41) is 8.13. The Kier molecular flexibility index (Phi) is 7.08. The van der Waals surface area contributed by atoms with Gasteiger partial charge in [-0.15, -0.1) is 0 Å². The van der Waals surface area contributed by atoms with Crippen LogP contribution in [0.2, 0.25) is 0 Å². The summed E-state index contributed by atoms with van der Waals surface area (Å²) in [7, 11) is 1.72. The van der Waals surface area contributed by atoms with Crippen LogP contribution in [-0.4, -0.2) is 33.4 Å². The van der Waals surface area contributed by atoms with Gasteiger partial charge in [0.25, 0.3) is 0 Å². The zero-order valence-corrected chi connectivity index (χ0v) is 19.0. The molecule has 0 radical (unpaired) electrons. The lowest BCUT2D eigenvalue weighted by molar-refractivity contribution is 0.409. The molecule has 0 bridgehead atoms. The van der Waals surface area contributed by atoms with E-state index in [1.807, 2.05) is 19.1 Å². The van der Waals surface area contributed by atoms with E-state index in [-0.39, 0.29) is 5.92 Å². The van der Waals surface area contributed by atoms with Gasteiger partial charge in [0.15, 0.2) is 0 Å². The SMILES string of the molecule is COc1ccccc1CCCNc1cc([C@@H](C)Cn2nc(C)c(C)c2C)nc(C)n1. The summed E-state index contributed by atoms with van der Waals surface area (Å²) in [6, 6.07) is 10.2. The van der Waals surface area contributed by atoms with Crippen molar-refractivity contribution in [3.8, 4) is 5.75 Å². The Hall–Kier alpha value is -2.89. The fraction of sp³-hybridized carbons (Fsp3) is 0.458. The molecule has 0 saturated heterocycles. The fourth-order valence-corrected chi connectivity index (χ4v) is 3.66. The maximum Gasteiger partial charge on any atom is 0.129 e. The van der Waals surface area contributed by atoms with Crippen molar-refractivity contribution in [2.75, 3.05) is 19.0 Å². The Morgan fingerprint density at radius 2 is 1.87 bits per heavy atom. The maximum absolute atomic E-state index is 5.44. The van der Waals surface area contributed by atoms with E-state index in [1.54, 1.807) is 7.11 Å². The minimum atomic E-state index is 0.248. The summed E-state index contributed by atoms with van der Waals surface area (Å²) >= 11 is 0. The molecule has 2 heterocycles. The quantitative estimate of drug-likeness (QED) is 0.518. The van der Waals surface area contributed by atoms with Gasteiger partial charge in [-0.2, -0.15) is 5.10 Å². The lowest BCUT2D eigenvalue weighted by Gasteiger charge is -2.15. The Bertz CT molecular complexity index is 995. The predicted octanol–water partition coefficient (Wildman–Crippen LogP) is 4.76. The third-order valence-corrected chi connectivity index (χ3v) is 5.67. The van der Waals surface area contributed by atoms with Crippen LogP contribution in [0.15, 0.2) is 30.3 Å². The third-order valence-electron chi connectivity index (χ3n) is 5.67. The fourth-order valence-electron chi connectivity index (χ4n) is 3.66. The lowest BCUT2D eigenvalue weighted by atomic mass is 10.1. The summed E-state index contributed by atoms with van der Waals surface area (Å²) in [6.45, 7) is 12.1. The number of ether oxygens (including phenoxy) is 1. The van der Waals surface area contributed by atoms with E-state index in [1.165, 1.54) is 16.8 Å². The molecule has 0 amide bonds. The summed E-state index contributed by atoms with van der Waals surface area (Å²) in [6.07, 6.45) is 1.96. The average molecular weight is 408 g/mol. The van der Waals surface area contributed by atoms with E-state index < -0.39 is 0 Å². The van der Waals surface area contributed by atoms with Crippen LogP contribution >= 0.6 is 0 Å². The number of benzene rings is 1. The van der Waals surface area contributed by atoms with Crippen molar-refractivity contribution in [3.05, 3.63) is 64.4 Å². The van der Waals surface area contributed by atoms with Crippen LogP contribution in [-0.2, 0) is 13.0 Å². The molecule has 1 N–H and O–H groups in total. The van der Waals surface area contributed by atoms with E-state index in [0.717, 1.165) is 54.7 Å². The molecule has 30 heavy (non-hydrogen) atoms. The smallest absolute Gasteiger partial charge is 0.129 e. The normalized spacial score (nSPS) is 12.1. The number of nitrogens with zero attached hydrogens (tertiary/aromatic N) is 4. The number of hydrogen-bond donors (Lipinski definition) is 1. The molecule has 1 atom stereocenters. The number of para-hydroxylation sites is 1. The minimum Gasteiger partial charge on any atom is -0.496 e. The topological polar surface area (TPSA) is 64.9 Å². The Morgan fingerprint density at radius 3 is 2.57 bits per heavy atom. The van der Waals surface area contributed by atoms with Gasteiger partial charge in [0.1, 0.15) is 17.4 Å². The van der Waals surface area contributed by atoms with Gasteiger partial charge in [-0.25, -0.2) is 9.97 Å². The highest BCUT2D eigenvalue weighted by atomic mass is 16.5. The van der Waals surface area contributed by atoms with Gasteiger partial charge in [-0.1, -0.05) is 25.1 Å². The number of aromatic nitrogens is 4. The number of hydrogen-bond acceptors (Lipinski definition) is 5. The summed E-state index contributed by atoms with van der Waals surface area (Å²) in [5.74, 6) is 2.87. The summed E-state index contributed by atoms with van der Waals surface area (Å²) < 4.78 is 7.53. The van der Waals surface area contributed by atoms with Crippen molar-refractivity contribution >= 4 is 5.82 Å². The highest BCUT2D eigenvalue weighted by molar-refractivity contribution is 5.37. The van der Waals surface area contributed by atoms with Gasteiger partial charge in [-0.05, 0) is 57.7 Å². The van der Waals surface area contributed by atoms with Crippen LogP contribution < -0.4 is 10.1 Å². The average Bonchev–Trinajstić information content (AvgIpc) is 2.97. The number of aryl methyl sites for hydroxylation is 3. The van der Waals surface area contributed by atoms with Gasteiger partial charge in [0.2, 0.25) is 0 Å². The van der Waals surface area contributed by atoms with Crippen LogP contribution in [0.3, 0.4) is 0 Å². The molecule has 1 aromatic carbocycles. The molecule has 0 aliphatic carbocycles. The van der Waals surface area contributed by atoms with Gasteiger partial charge >= 0.3 is 0 Å². The molecule has 160 valence electrons. The molecule has 6 heteroatoms. The Labute approximate surface area is 179 Å². The molecule has 2 aromatic heterocycles. The van der Waals surface area contributed by atoms with E-state index in [4.69, 9.17) is 4.74 Å². The molecule has 0 fully saturated rings. The first kappa shape index (κ1) is 21.8. The third kappa shape index (κ3) is 5.17. The molecule has 3 rings (SSSR count). The van der Waals surface area contributed by atoms with E-state index in [2.05, 4.69) is 71.0 Å². The van der Waals surface area contributed by atoms with Crippen molar-refractivity contribution in [2.45, 2.75) is 59.9 Å². The van der Waals surface area contributed by atoms with Crippen LogP contribution in [0, 0.1) is 27.7 Å². The van der Waals surface area contributed by atoms with Crippen molar-refractivity contribution in [3.63, 3.8) is 0 Å². The first-order valence-corrected chi connectivity index (χ1v) is 10.6. The molecule has 3 aromatic rings. The van der Waals surface area contributed by atoms with E-state index in [0.29, 0.717) is 0 Å². The zero-order valence-electron chi connectivity index (χ0n) is 19.0. The second-order valence-electron chi connectivity index (χ2n) is 7.95. The number of anilines is 1. The highest BCUT2D eigenvalue weighted by Gasteiger charge is 2.14. The molecule has 0 unspecified atom stereocenters. The largest absolute Gasteiger partial charge is 0.496 e. The van der Waals surface area contributed by atoms with Gasteiger partial charge < -0.3 is 10.1 Å². The molecule has 6 nitrogen and oxygen atoms in total. The first-order chi connectivity index (χ1) is 14.4. The number of rotatable bonds is 9. The Balaban J connectivity index is 1.61. The van der Waals surface area contributed by atoms with Gasteiger partial charge in [0.05, 0.1) is 18.5 Å². The monoisotopic (exact) mass is 407 g/mol. The summed E-state index contributed by atoms with van der Waals surface area (Å²) in [5.41, 5.74) is 5.85. The lowest BCUT2D eigenvalue weighted by Crippen LogP contribution is -2.13. The molecular weight excluding hydrogens is 374 g/mol. The Morgan fingerprint density at radius 1 is 1.10 bits per heavy atom. The molecule has 0 aliphatic rings. The van der Waals surface area contributed by atoms with E-state index in [9.17, 15) is 0 Å². The molecule has 0 spiro atoms. The first-order valence-electron chi connectivity index (χ1n) is 10.6. The van der Waals surface area contributed by atoms with E-state index >= 15 is 0 Å². The number of methoxy groups -OCH3 is 1. The zero-order chi connectivity index (χ0) is 21.7. The van der Waals surface area contributed by atoms with Gasteiger partial charge in [0, 0.05) is 30.8 Å². The van der Waals surface area contributed by atoms with Crippen LogP contribution in [0.1, 0.15) is 53.3 Å². The van der Waals surface area contributed by atoms with Crippen molar-refractivity contribution < 1.29 is 4.74 Å².